The Hall–Kier alpha value is -0.680. The van der Waals surface area contributed by atoms with Crippen molar-refractivity contribution in [2.75, 3.05) is 0 Å². The first-order valence-corrected chi connectivity index (χ1v) is 3.43. The molecule has 78 valence electrons. The molecule has 0 spiro atoms. The van der Waals surface area contributed by atoms with Crippen molar-refractivity contribution >= 4 is 0 Å². The Bertz CT molecular complexity index is 186. The summed E-state index contributed by atoms with van der Waals surface area (Å²) in [6, 6.07) is 0. The van der Waals surface area contributed by atoms with Gasteiger partial charge in [0.05, 0.1) is 0 Å². The van der Waals surface area contributed by atoms with Crippen LogP contribution in [0.25, 0.3) is 0 Å². The van der Waals surface area contributed by atoms with Gasteiger partial charge in [-0.15, -0.1) is 0 Å². The Balaban J connectivity index is 4.12. The highest BCUT2D eigenvalue weighted by molar-refractivity contribution is 4.88. The van der Waals surface area contributed by atoms with Gasteiger partial charge in [0, 0.05) is 0 Å². The van der Waals surface area contributed by atoms with Crippen LogP contribution in [0.5, 0.6) is 0 Å². The molecule has 0 saturated carbocycles. The normalized spacial score (nSPS) is 16.5. The van der Waals surface area contributed by atoms with Crippen molar-refractivity contribution < 1.29 is 26.3 Å². The topological polar surface area (TPSA) is 0 Å². The molecule has 0 N–H and O–H groups in total. The Morgan fingerprint density at radius 2 is 1.62 bits per heavy atom. The molecule has 0 aromatic rings. The van der Waals surface area contributed by atoms with Crippen molar-refractivity contribution in [3.8, 4) is 0 Å². The molecule has 13 heavy (non-hydrogen) atoms. The molecule has 6 heteroatoms. The van der Waals surface area contributed by atoms with Gasteiger partial charge in [-0.2, -0.15) is 22.0 Å². The Morgan fingerprint density at radius 3 is 1.92 bits per heavy atom. The van der Waals surface area contributed by atoms with E-state index < -0.39 is 30.8 Å². The molecular formula is C7H8F6. The molecule has 0 aromatic heterocycles. The summed E-state index contributed by atoms with van der Waals surface area (Å²) in [5, 5.41) is 0. The fraction of sp³-hybridized carbons (Fsp3) is 0.714. The molecule has 0 aliphatic carbocycles. The van der Waals surface area contributed by atoms with Crippen LogP contribution >= 0.6 is 0 Å². The van der Waals surface area contributed by atoms with Crippen molar-refractivity contribution in [1.29, 1.82) is 0 Å². The van der Waals surface area contributed by atoms with Crippen LogP contribution in [0.1, 0.15) is 19.8 Å². The number of allylic oxidation sites excluding steroid dienone is 1. The van der Waals surface area contributed by atoms with Gasteiger partial charge in [0.15, 0.2) is 0 Å². The van der Waals surface area contributed by atoms with E-state index in [1.165, 1.54) is 0 Å². The minimum Gasteiger partial charge on any atom is -0.234 e. The van der Waals surface area contributed by atoms with Gasteiger partial charge in [-0.05, 0) is 25.8 Å². The zero-order valence-corrected chi connectivity index (χ0v) is 6.76. The van der Waals surface area contributed by atoms with Crippen LogP contribution in [0, 0.1) is 0 Å². The Kier molecular flexibility index (Phi) is 3.81. The van der Waals surface area contributed by atoms with Crippen molar-refractivity contribution in [1.82, 2.24) is 0 Å². The van der Waals surface area contributed by atoms with Crippen LogP contribution in [-0.2, 0) is 0 Å². The fourth-order valence-corrected chi connectivity index (χ4v) is 0.594. The number of alkyl halides is 4. The SMILES string of the molecule is CC(F)(CCC=C(F)F)C(F)(F)F. The van der Waals surface area contributed by atoms with Gasteiger partial charge in [-0.1, -0.05) is 0 Å². The lowest BCUT2D eigenvalue weighted by Gasteiger charge is -2.22. The second kappa shape index (κ2) is 4.02. The maximum Gasteiger partial charge on any atom is 0.422 e. The lowest BCUT2D eigenvalue weighted by atomic mass is 10.0. The van der Waals surface area contributed by atoms with Crippen molar-refractivity contribution in [3.05, 3.63) is 12.2 Å². The summed E-state index contributed by atoms with van der Waals surface area (Å²) < 4.78 is 70.7. The van der Waals surface area contributed by atoms with E-state index in [1.54, 1.807) is 0 Å². The highest BCUT2D eigenvalue weighted by Gasteiger charge is 2.51. The summed E-state index contributed by atoms with van der Waals surface area (Å²) in [7, 11) is 0. The standard InChI is InChI=1S/C7H8F6/c1-6(10,7(11,12)13)4-2-3-5(8)9/h3H,2,4H2,1H3. The predicted molar refractivity (Wildman–Crippen MR) is 35.1 cm³/mol. The first kappa shape index (κ1) is 12.3. The molecule has 0 rings (SSSR count). The molecule has 0 radical (unpaired) electrons. The van der Waals surface area contributed by atoms with E-state index in [4.69, 9.17) is 0 Å². The third-order valence-corrected chi connectivity index (χ3v) is 1.50. The highest BCUT2D eigenvalue weighted by atomic mass is 19.4. The smallest absolute Gasteiger partial charge is 0.234 e. The van der Waals surface area contributed by atoms with Crippen molar-refractivity contribution in [3.63, 3.8) is 0 Å². The van der Waals surface area contributed by atoms with Crippen molar-refractivity contribution in [2.24, 2.45) is 0 Å². The van der Waals surface area contributed by atoms with E-state index in [1.807, 2.05) is 0 Å². The summed E-state index contributed by atoms with van der Waals surface area (Å²) in [5.74, 6) is 0. The van der Waals surface area contributed by atoms with Crippen LogP contribution in [0.15, 0.2) is 12.2 Å². The second-order valence-corrected chi connectivity index (χ2v) is 2.73. The van der Waals surface area contributed by atoms with Gasteiger partial charge < -0.3 is 0 Å². The van der Waals surface area contributed by atoms with Gasteiger partial charge in [0.2, 0.25) is 5.67 Å². The Morgan fingerprint density at radius 1 is 1.15 bits per heavy atom. The number of halogens is 6. The zero-order chi connectivity index (χ0) is 10.7. The van der Waals surface area contributed by atoms with Crippen LogP contribution in [0.4, 0.5) is 26.3 Å². The predicted octanol–water partition coefficient (Wildman–Crippen LogP) is 3.84. The summed E-state index contributed by atoms with van der Waals surface area (Å²) in [6.45, 7) is 0.330. The largest absolute Gasteiger partial charge is 0.422 e. The lowest BCUT2D eigenvalue weighted by molar-refractivity contribution is -0.225. The summed E-state index contributed by atoms with van der Waals surface area (Å²) in [4.78, 5) is 0. The van der Waals surface area contributed by atoms with E-state index in [2.05, 4.69) is 0 Å². The number of rotatable bonds is 3. The second-order valence-electron chi connectivity index (χ2n) is 2.73. The van der Waals surface area contributed by atoms with Crippen LogP contribution < -0.4 is 0 Å². The van der Waals surface area contributed by atoms with Gasteiger partial charge in [0.1, 0.15) is 0 Å². The molecule has 0 bridgehead atoms. The third-order valence-electron chi connectivity index (χ3n) is 1.50. The molecule has 1 unspecified atom stereocenters. The summed E-state index contributed by atoms with van der Waals surface area (Å²) in [5.41, 5.74) is -3.40. The molecule has 0 saturated heterocycles. The molecule has 0 aliphatic rings. The number of hydrogen-bond acceptors (Lipinski definition) is 0. The monoisotopic (exact) mass is 206 g/mol. The first-order chi connectivity index (χ1) is 5.67. The number of hydrogen-bond donors (Lipinski definition) is 0. The molecule has 0 amide bonds. The fourth-order valence-electron chi connectivity index (χ4n) is 0.594. The van der Waals surface area contributed by atoms with Crippen LogP contribution in [0.3, 0.4) is 0 Å². The van der Waals surface area contributed by atoms with E-state index >= 15 is 0 Å². The van der Waals surface area contributed by atoms with E-state index in [9.17, 15) is 26.3 Å². The van der Waals surface area contributed by atoms with Gasteiger partial charge in [-0.3, -0.25) is 0 Å². The molecule has 0 nitrogen and oxygen atoms in total. The van der Waals surface area contributed by atoms with E-state index in [-0.39, 0.29) is 6.08 Å². The van der Waals surface area contributed by atoms with Crippen molar-refractivity contribution in [2.45, 2.75) is 31.6 Å². The lowest BCUT2D eigenvalue weighted by Crippen LogP contribution is -2.37. The van der Waals surface area contributed by atoms with Gasteiger partial charge in [0.25, 0.3) is 6.08 Å². The molecule has 0 aromatic carbocycles. The van der Waals surface area contributed by atoms with E-state index in [0.717, 1.165) is 0 Å². The molecule has 0 fully saturated rings. The zero-order valence-electron chi connectivity index (χ0n) is 6.76. The molecule has 1 atom stereocenters. The first-order valence-electron chi connectivity index (χ1n) is 3.43. The quantitative estimate of drug-likeness (QED) is 0.615. The third kappa shape index (κ3) is 4.19. The maximum absolute atomic E-state index is 12.6. The van der Waals surface area contributed by atoms with E-state index in [0.29, 0.717) is 6.92 Å². The van der Waals surface area contributed by atoms with Gasteiger partial charge >= 0.3 is 6.18 Å². The summed E-state index contributed by atoms with van der Waals surface area (Å²) in [6.07, 6.45) is -8.46. The van der Waals surface area contributed by atoms with Crippen LogP contribution in [-0.4, -0.2) is 11.8 Å². The molecule has 0 aliphatic heterocycles. The Labute approximate surface area is 71.2 Å². The molecular weight excluding hydrogens is 198 g/mol. The highest BCUT2D eigenvalue weighted by Crippen LogP contribution is 2.37. The van der Waals surface area contributed by atoms with Gasteiger partial charge in [-0.25, -0.2) is 4.39 Å². The molecule has 0 heterocycles. The summed E-state index contributed by atoms with van der Waals surface area (Å²) >= 11 is 0. The maximum atomic E-state index is 12.6. The minimum absolute atomic E-state index is 0.267. The average molecular weight is 206 g/mol. The van der Waals surface area contributed by atoms with Crippen LogP contribution in [0.2, 0.25) is 0 Å². The minimum atomic E-state index is -5.01. The average Bonchev–Trinajstić information content (AvgIpc) is 1.82.